The van der Waals surface area contributed by atoms with Crippen molar-refractivity contribution in [1.29, 1.82) is 0 Å². The van der Waals surface area contributed by atoms with E-state index in [0.29, 0.717) is 0 Å². The van der Waals surface area contributed by atoms with Gasteiger partial charge in [0.05, 0.1) is 0 Å². The van der Waals surface area contributed by atoms with Crippen molar-refractivity contribution in [2.24, 2.45) is 0 Å². The molecule has 1 atom stereocenters. The van der Waals surface area contributed by atoms with Crippen LogP contribution in [0.2, 0.25) is 0 Å². The summed E-state index contributed by atoms with van der Waals surface area (Å²) in [4.78, 5) is 11.1. The second kappa shape index (κ2) is 2.20. The average Bonchev–Trinajstić information content (AvgIpc) is 2.33. The van der Waals surface area contributed by atoms with E-state index < -0.39 is 0 Å². The van der Waals surface area contributed by atoms with Crippen LogP contribution in [0.25, 0.3) is 0 Å². The summed E-state index contributed by atoms with van der Waals surface area (Å²) in [6.45, 7) is 1.90. The minimum absolute atomic E-state index is 0.148. The number of thioether (sulfide) groups is 1. The van der Waals surface area contributed by atoms with Gasteiger partial charge in [-0.3, -0.25) is 9.10 Å². The summed E-state index contributed by atoms with van der Waals surface area (Å²) in [7, 11) is 0. The number of amides is 1. The molecule has 0 aromatic heterocycles. The fraction of sp³-hybridized carbons (Fsp3) is 0.333. The van der Waals surface area contributed by atoms with E-state index in [2.05, 4.69) is 5.08 Å². The van der Waals surface area contributed by atoms with Gasteiger partial charge in [-0.15, -0.1) is 11.8 Å². The SMILES string of the molecule is CC=C1C(=O)N2S[C]SC12. The van der Waals surface area contributed by atoms with E-state index in [0.717, 1.165) is 5.57 Å². The first kappa shape index (κ1) is 6.61. The topological polar surface area (TPSA) is 20.3 Å². The Morgan fingerprint density at radius 3 is 3.30 bits per heavy atom. The number of hydrogen-bond acceptors (Lipinski definition) is 3. The largest absolute Gasteiger partial charge is 0.268 e. The van der Waals surface area contributed by atoms with E-state index in [9.17, 15) is 4.79 Å². The monoisotopic (exact) mass is 171 g/mol. The number of hydrogen-bond donors (Lipinski definition) is 0. The summed E-state index contributed by atoms with van der Waals surface area (Å²) in [5.74, 6) is 0.148. The van der Waals surface area contributed by atoms with Gasteiger partial charge in [0, 0.05) is 5.57 Å². The minimum Gasteiger partial charge on any atom is -0.268 e. The molecule has 2 nitrogen and oxygen atoms in total. The molecule has 0 N–H and O–H groups in total. The number of carbonyl (C=O) groups is 1. The molecular weight excluding hydrogens is 166 g/mol. The lowest BCUT2D eigenvalue weighted by atomic mass is 10.1. The van der Waals surface area contributed by atoms with Crippen molar-refractivity contribution in [3.8, 4) is 0 Å². The molecule has 0 aromatic rings. The number of carbonyl (C=O) groups excluding carboxylic acids is 1. The van der Waals surface area contributed by atoms with Crippen LogP contribution in [0.3, 0.4) is 0 Å². The predicted octanol–water partition coefficient (Wildman–Crippen LogP) is 1.49. The Bertz CT molecular complexity index is 214. The second-order valence-electron chi connectivity index (χ2n) is 2.02. The number of fused-ring (bicyclic) bond motifs is 1. The van der Waals surface area contributed by atoms with Crippen molar-refractivity contribution in [2.75, 3.05) is 0 Å². The number of allylic oxidation sites excluding steroid dienone is 1. The molecule has 2 radical (unpaired) electrons. The zero-order chi connectivity index (χ0) is 7.14. The Morgan fingerprint density at radius 2 is 2.60 bits per heavy atom. The first-order valence-corrected chi connectivity index (χ1v) is 4.57. The van der Waals surface area contributed by atoms with E-state index in [1.165, 1.54) is 11.9 Å². The fourth-order valence-electron chi connectivity index (χ4n) is 0.974. The summed E-state index contributed by atoms with van der Waals surface area (Å²) >= 11 is 2.95. The molecule has 1 amide bonds. The van der Waals surface area contributed by atoms with Gasteiger partial charge in [0.2, 0.25) is 0 Å². The summed E-state index contributed by atoms with van der Waals surface area (Å²) in [6, 6.07) is 0. The van der Waals surface area contributed by atoms with Crippen molar-refractivity contribution in [3.05, 3.63) is 16.7 Å². The van der Waals surface area contributed by atoms with Crippen LogP contribution < -0.4 is 0 Å². The lowest BCUT2D eigenvalue weighted by molar-refractivity contribution is -0.127. The Labute approximate surface area is 68.2 Å². The average molecular weight is 171 g/mol. The number of β-lactam (4-membered cyclic amide) rings is 1. The minimum atomic E-state index is 0.148. The second-order valence-corrected chi connectivity index (χ2v) is 3.94. The highest BCUT2D eigenvalue weighted by atomic mass is 32.2. The van der Waals surface area contributed by atoms with Gasteiger partial charge in [0.25, 0.3) is 5.91 Å². The molecular formula is C6H5NOS2. The van der Waals surface area contributed by atoms with E-state index in [1.54, 1.807) is 16.1 Å². The van der Waals surface area contributed by atoms with E-state index in [1.807, 2.05) is 13.0 Å². The van der Waals surface area contributed by atoms with Crippen LogP contribution in [0.1, 0.15) is 6.92 Å². The highest BCUT2D eigenvalue weighted by Gasteiger charge is 2.46. The van der Waals surface area contributed by atoms with E-state index in [-0.39, 0.29) is 11.3 Å². The molecule has 0 aliphatic carbocycles. The van der Waals surface area contributed by atoms with Crippen molar-refractivity contribution < 1.29 is 4.79 Å². The van der Waals surface area contributed by atoms with Crippen LogP contribution in [-0.2, 0) is 4.79 Å². The Balaban J connectivity index is 2.23. The smallest absolute Gasteiger partial charge is 0.263 e. The lowest BCUT2D eigenvalue weighted by Gasteiger charge is -2.33. The molecule has 0 aromatic carbocycles. The Morgan fingerprint density at radius 1 is 1.80 bits per heavy atom. The fourth-order valence-corrected chi connectivity index (χ4v) is 3.04. The first-order chi connectivity index (χ1) is 4.84. The molecule has 2 heterocycles. The number of nitrogens with zero attached hydrogens (tertiary/aromatic N) is 1. The summed E-state index contributed by atoms with van der Waals surface area (Å²) in [5.41, 5.74) is 0.919. The summed E-state index contributed by atoms with van der Waals surface area (Å²) < 4.78 is 1.74. The van der Waals surface area contributed by atoms with Crippen molar-refractivity contribution in [3.63, 3.8) is 0 Å². The molecule has 2 saturated heterocycles. The highest BCUT2D eigenvalue weighted by molar-refractivity contribution is 8.22. The molecule has 2 fully saturated rings. The molecule has 1 unspecified atom stereocenters. The van der Waals surface area contributed by atoms with Gasteiger partial charge >= 0.3 is 0 Å². The number of rotatable bonds is 0. The Kier molecular flexibility index (Phi) is 1.46. The predicted molar refractivity (Wildman–Crippen MR) is 42.8 cm³/mol. The van der Waals surface area contributed by atoms with Crippen LogP contribution in [0, 0.1) is 5.08 Å². The normalized spacial score (nSPS) is 34.5. The third-order valence-corrected chi connectivity index (χ3v) is 3.61. The molecule has 0 bridgehead atoms. The van der Waals surface area contributed by atoms with Crippen LogP contribution in [-0.4, -0.2) is 15.6 Å². The molecule has 2 aliphatic rings. The molecule has 52 valence electrons. The van der Waals surface area contributed by atoms with Crippen LogP contribution >= 0.6 is 23.7 Å². The quantitative estimate of drug-likeness (QED) is 0.313. The maximum Gasteiger partial charge on any atom is 0.263 e. The van der Waals surface area contributed by atoms with Gasteiger partial charge in [-0.2, -0.15) is 0 Å². The summed E-state index contributed by atoms with van der Waals surface area (Å²) in [5, 5.41) is 3.24. The van der Waals surface area contributed by atoms with Gasteiger partial charge < -0.3 is 0 Å². The first-order valence-electron chi connectivity index (χ1n) is 2.92. The van der Waals surface area contributed by atoms with Gasteiger partial charge in [0.1, 0.15) is 10.5 Å². The van der Waals surface area contributed by atoms with Crippen molar-refractivity contribution >= 4 is 29.6 Å². The van der Waals surface area contributed by atoms with E-state index >= 15 is 0 Å². The highest BCUT2D eigenvalue weighted by Crippen LogP contribution is 2.50. The molecule has 2 aliphatic heterocycles. The maximum absolute atomic E-state index is 11.1. The molecule has 0 saturated carbocycles. The third kappa shape index (κ3) is 0.661. The van der Waals surface area contributed by atoms with Gasteiger partial charge in [-0.05, 0) is 18.9 Å². The maximum atomic E-state index is 11.1. The van der Waals surface area contributed by atoms with Gasteiger partial charge in [-0.1, -0.05) is 6.08 Å². The zero-order valence-electron chi connectivity index (χ0n) is 5.33. The van der Waals surface area contributed by atoms with Gasteiger partial charge in [-0.25, -0.2) is 0 Å². The standard InChI is InChI=1S/C6H5NOS2/c1-2-4-5(8)7-6(4)9-3-10-7/h2,6H,1H3. The van der Waals surface area contributed by atoms with Crippen molar-refractivity contribution in [1.82, 2.24) is 4.31 Å². The van der Waals surface area contributed by atoms with E-state index in [4.69, 9.17) is 0 Å². The zero-order valence-corrected chi connectivity index (χ0v) is 6.96. The Hall–Kier alpha value is -0.0900. The molecule has 2 rings (SSSR count). The third-order valence-electron chi connectivity index (χ3n) is 1.53. The van der Waals surface area contributed by atoms with Crippen molar-refractivity contribution in [2.45, 2.75) is 12.3 Å². The molecule has 10 heavy (non-hydrogen) atoms. The molecule has 4 heteroatoms. The van der Waals surface area contributed by atoms with Crippen LogP contribution in [0.5, 0.6) is 0 Å². The summed E-state index contributed by atoms with van der Waals surface area (Å²) in [6.07, 6.45) is 1.88. The van der Waals surface area contributed by atoms with Crippen LogP contribution in [0.4, 0.5) is 0 Å². The van der Waals surface area contributed by atoms with Crippen LogP contribution in [0.15, 0.2) is 11.6 Å². The van der Waals surface area contributed by atoms with Gasteiger partial charge in [0.15, 0.2) is 0 Å². The molecule has 0 spiro atoms. The lowest BCUT2D eigenvalue weighted by Crippen LogP contribution is -2.45.